The minimum atomic E-state index is 0.147. The summed E-state index contributed by atoms with van der Waals surface area (Å²) >= 11 is 6.15. The molecule has 78 valence electrons. The number of hydrogen-bond donors (Lipinski definition) is 0. The molecule has 0 aliphatic heterocycles. The van der Waals surface area contributed by atoms with Crippen molar-refractivity contribution in [3.05, 3.63) is 71.3 Å². The van der Waals surface area contributed by atoms with Crippen LogP contribution < -0.4 is 0 Å². The Hall–Kier alpha value is -1.53. The van der Waals surface area contributed by atoms with Crippen molar-refractivity contribution in [1.82, 2.24) is 0 Å². The second kappa shape index (κ2) is 3.50. The van der Waals surface area contributed by atoms with Crippen molar-refractivity contribution >= 4 is 11.6 Å². The topological polar surface area (TPSA) is 0 Å². The number of rotatable bonds is 1. The van der Waals surface area contributed by atoms with Gasteiger partial charge in [0.2, 0.25) is 0 Å². The summed E-state index contributed by atoms with van der Waals surface area (Å²) in [4.78, 5) is 0. The summed E-state index contributed by atoms with van der Waals surface area (Å²) in [6.45, 7) is 3.90. The van der Waals surface area contributed by atoms with E-state index in [9.17, 15) is 0 Å². The Morgan fingerprint density at radius 1 is 0.875 bits per heavy atom. The van der Waals surface area contributed by atoms with Gasteiger partial charge in [-0.15, -0.1) is 0 Å². The van der Waals surface area contributed by atoms with E-state index < -0.39 is 0 Å². The van der Waals surface area contributed by atoms with Crippen LogP contribution in [-0.4, -0.2) is 0 Å². The Bertz CT molecular complexity index is 524. The van der Waals surface area contributed by atoms with Gasteiger partial charge in [0.1, 0.15) is 0 Å². The maximum Gasteiger partial charge on any atom is 0.0453 e. The van der Waals surface area contributed by atoms with E-state index in [0.29, 0.717) is 5.03 Å². The molecule has 0 nitrogen and oxygen atoms in total. The molecule has 0 spiro atoms. The molecule has 3 rings (SSSR count). The van der Waals surface area contributed by atoms with Gasteiger partial charge >= 0.3 is 0 Å². The van der Waals surface area contributed by atoms with Crippen LogP contribution in [-0.2, 0) is 0 Å². The molecule has 16 heavy (non-hydrogen) atoms. The molecule has 2 aromatic carbocycles. The molecule has 0 aromatic heterocycles. The van der Waals surface area contributed by atoms with Crippen molar-refractivity contribution in [2.75, 3.05) is 0 Å². The minimum absolute atomic E-state index is 0.147. The summed E-state index contributed by atoms with van der Waals surface area (Å²) in [6.07, 6.45) is 0. The molecule has 0 amide bonds. The van der Waals surface area contributed by atoms with Crippen molar-refractivity contribution < 1.29 is 0 Å². The maximum atomic E-state index is 6.15. The number of benzene rings is 2. The Morgan fingerprint density at radius 2 is 1.31 bits per heavy atom. The lowest BCUT2D eigenvalue weighted by molar-refractivity contribution is 1.05. The third kappa shape index (κ3) is 1.23. The van der Waals surface area contributed by atoms with E-state index in [1.165, 1.54) is 22.3 Å². The summed E-state index contributed by atoms with van der Waals surface area (Å²) in [5.41, 5.74) is 5.10. The van der Waals surface area contributed by atoms with Gasteiger partial charge in [0.05, 0.1) is 0 Å². The average Bonchev–Trinajstić information content (AvgIpc) is 2.63. The number of fused-ring (bicyclic) bond motifs is 3. The average molecular weight is 227 g/mol. The molecule has 0 unspecified atom stereocenters. The lowest BCUT2D eigenvalue weighted by Gasteiger charge is -2.10. The zero-order chi connectivity index (χ0) is 11.1. The Morgan fingerprint density at radius 3 is 1.75 bits per heavy atom. The predicted octanol–water partition coefficient (Wildman–Crippen LogP) is 4.55. The van der Waals surface area contributed by atoms with Gasteiger partial charge in [-0.3, -0.25) is 0 Å². The van der Waals surface area contributed by atoms with Gasteiger partial charge in [0, 0.05) is 11.0 Å². The van der Waals surface area contributed by atoms with Crippen LogP contribution in [0.3, 0.4) is 0 Å². The smallest absolute Gasteiger partial charge is 0.0453 e. The van der Waals surface area contributed by atoms with E-state index in [0.717, 1.165) is 0 Å². The van der Waals surface area contributed by atoms with Gasteiger partial charge in [-0.1, -0.05) is 66.7 Å². The molecular formula is C15H11Cl. The van der Waals surface area contributed by atoms with Crippen molar-refractivity contribution in [3.8, 4) is 11.1 Å². The van der Waals surface area contributed by atoms with Crippen LogP contribution in [0.25, 0.3) is 11.1 Å². The molecular weight excluding hydrogens is 216 g/mol. The van der Waals surface area contributed by atoms with Crippen molar-refractivity contribution in [3.63, 3.8) is 0 Å². The van der Waals surface area contributed by atoms with Crippen LogP contribution >= 0.6 is 11.6 Å². The first-order chi connectivity index (χ1) is 7.79. The molecule has 0 saturated carbocycles. The van der Waals surface area contributed by atoms with Crippen molar-refractivity contribution in [2.45, 2.75) is 5.92 Å². The zero-order valence-corrected chi connectivity index (χ0v) is 9.54. The second-order valence-electron chi connectivity index (χ2n) is 4.05. The highest BCUT2D eigenvalue weighted by atomic mass is 35.5. The van der Waals surface area contributed by atoms with Gasteiger partial charge in [0.25, 0.3) is 0 Å². The van der Waals surface area contributed by atoms with E-state index in [1.807, 2.05) is 0 Å². The van der Waals surface area contributed by atoms with E-state index in [-0.39, 0.29) is 5.92 Å². The molecule has 1 aliphatic carbocycles. The summed E-state index contributed by atoms with van der Waals surface area (Å²) < 4.78 is 0. The first kappa shape index (κ1) is 9.68. The van der Waals surface area contributed by atoms with Crippen LogP contribution in [0.2, 0.25) is 0 Å². The van der Waals surface area contributed by atoms with E-state index >= 15 is 0 Å². The molecule has 0 atom stereocenters. The number of halogens is 1. The SMILES string of the molecule is C=C(Cl)C1c2ccccc2-c2ccccc21. The molecule has 0 radical (unpaired) electrons. The van der Waals surface area contributed by atoms with Crippen LogP contribution in [0, 0.1) is 0 Å². The normalized spacial score (nSPS) is 13.3. The lowest BCUT2D eigenvalue weighted by atomic mass is 9.97. The van der Waals surface area contributed by atoms with Crippen molar-refractivity contribution in [2.24, 2.45) is 0 Å². The number of hydrogen-bond acceptors (Lipinski definition) is 0. The standard InChI is InChI=1S/C15H11Cl/c1-10(16)15-13-8-4-2-6-11(13)12-7-3-5-9-14(12)15/h2-9,15H,1H2. The van der Waals surface area contributed by atoms with Crippen LogP contribution in [0.1, 0.15) is 17.0 Å². The molecule has 0 fully saturated rings. The molecule has 0 N–H and O–H groups in total. The van der Waals surface area contributed by atoms with Gasteiger partial charge < -0.3 is 0 Å². The van der Waals surface area contributed by atoms with Crippen LogP contribution in [0.4, 0.5) is 0 Å². The monoisotopic (exact) mass is 226 g/mol. The third-order valence-electron chi connectivity index (χ3n) is 3.15. The molecule has 0 heterocycles. The molecule has 1 heteroatoms. The molecule has 0 saturated heterocycles. The van der Waals surface area contributed by atoms with Crippen LogP contribution in [0.15, 0.2) is 60.1 Å². The van der Waals surface area contributed by atoms with Gasteiger partial charge in [0.15, 0.2) is 0 Å². The zero-order valence-electron chi connectivity index (χ0n) is 8.78. The van der Waals surface area contributed by atoms with E-state index in [2.05, 4.69) is 55.1 Å². The highest BCUT2D eigenvalue weighted by Gasteiger charge is 2.28. The Balaban J connectivity index is 2.34. The minimum Gasteiger partial charge on any atom is -0.0887 e. The second-order valence-corrected chi connectivity index (χ2v) is 4.54. The fraction of sp³-hybridized carbons (Fsp3) is 0.0667. The molecule has 1 aliphatic rings. The number of allylic oxidation sites excluding steroid dienone is 1. The fourth-order valence-corrected chi connectivity index (χ4v) is 2.73. The summed E-state index contributed by atoms with van der Waals surface area (Å²) in [6, 6.07) is 16.8. The largest absolute Gasteiger partial charge is 0.0887 e. The quantitative estimate of drug-likeness (QED) is 0.669. The highest BCUT2D eigenvalue weighted by molar-refractivity contribution is 6.30. The van der Waals surface area contributed by atoms with Gasteiger partial charge in [-0.25, -0.2) is 0 Å². The third-order valence-corrected chi connectivity index (χ3v) is 3.37. The van der Waals surface area contributed by atoms with Gasteiger partial charge in [-0.2, -0.15) is 0 Å². The summed E-state index contributed by atoms with van der Waals surface area (Å²) in [7, 11) is 0. The first-order valence-corrected chi connectivity index (χ1v) is 5.69. The maximum absolute atomic E-state index is 6.15. The van der Waals surface area contributed by atoms with Crippen molar-refractivity contribution in [1.29, 1.82) is 0 Å². The predicted molar refractivity (Wildman–Crippen MR) is 68.7 cm³/mol. The summed E-state index contributed by atoms with van der Waals surface area (Å²) in [5, 5.41) is 0.692. The molecule has 0 bridgehead atoms. The van der Waals surface area contributed by atoms with Crippen LogP contribution in [0.5, 0.6) is 0 Å². The van der Waals surface area contributed by atoms with E-state index in [4.69, 9.17) is 11.6 Å². The fourth-order valence-electron chi connectivity index (χ4n) is 2.49. The van der Waals surface area contributed by atoms with E-state index in [1.54, 1.807) is 0 Å². The highest BCUT2D eigenvalue weighted by Crippen LogP contribution is 2.48. The Labute approximate surface area is 100 Å². The summed E-state index contributed by atoms with van der Waals surface area (Å²) in [5.74, 6) is 0.147. The van der Waals surface area contributed by atoms with Gasteiger partial charge in [-0.05, 0) is 22.3 Å². The first-order valence-electron chi connectivity index (χ1n) is 5.31. The molecule has 2 aromatic rings. The lowest BCUT2D eigenvalue weighted by Crippen LogP contribution is -1.94. The Kier molecular flexibility index (Phi) is 2.12.